The Kier molecular flexibility index (Phi) is 2.94. The van der Waals surface area contributed by atoms with Crippen molar-refractivity contribution in [2.45, 2.75) is 45.1 Å². The first kappa shape index (κ1) is 9.78. The van der Waals surface area contributed by atoms with Gasteiger partial charge in [0.15, 0.2) is 13.8 Å². The molecule has 0 atom stereocenters. The highest BCUT2D eigenvalue weighted by molar-refractivity contribution is 6.08. The van der Waals surface area contributed by atoms with Crippen molar-refractivity contribution in [3.05, 3.63) is 0 Å². The molecule has 0 radical (unpaired) electrons. The molecule has 12 heavy (non-hydrogen) atoms. The number of carbonyl (C=O) groups excluding carboxylic acids is 1. The van der Waals surface area contributed by atoms with Gasteiger partial charge in [-0.2, -0.15) is 0 Å². The minimum absolute atomic E-state index is 0.324. The molecular formula is C9H18BNO. The molecule has 1 aliphatic rings. The van der Waals surface area contributed by atoms with Gasteiger partial charge in [0.25, 0.3) is 0 Å². The fourth-order valence-electron chi connectivity index (χ4n) is 1.82. The lowest BCUT2D eigenvalue weighted by atomic mass is 9.86. The molecule has 0 bridgehead atoms. The summed E-state index contributed by atoms with van der Waals surface area (Å²) in [6.45, 7) is 3.93. The van der Waals surface area contributed by atoms with Crippen molar-refractivity contribution in [1.82, 2.24) is 5.23 Å². The van der Waals surface area contributed by atoms with Gasteiger partial charge < -0.3 is 5.23 Å². The average Bonchev–Trinajstić information content (AvgIpc) is 2.55. The van der Waals surface area contributed by atoms with E-state index in [4.69, 9.17) is 0 Å². The standard InChI is InChI=1S/C9H18BNO/c1-9(2,11-10)8(12)7-5-3-4-6-7/h7,11H,3-6,10H2,1-2H3. The van der Waals surface area contributed by atoms with Gasteiger partial charge in [-0.3, -0.25) is 4.79 Å². The summed E-state index contributed by atoms with van der Waals surface area (Å²) in [5.41, 5.74) is -0.324. The maximum Gasteiger partial charge on any atom is 0.183 e. The molecule has 0 heterocycles. The SMILES string of the molecule is BNC(C)(C)C(=O)C1CCCC1. The van der Waals surface area contributed by atoms with Crippen molar-refractivity contribution in [1.29, 1.82) is 0 Å². The van der Waals surface area contributed by atoms with Crippen molar-refractivity contribution in [2.75, 3.05) is 0 Å². The third-order valence-corrected chi connectivity index (χ3v) is 2.97. The first-order valence-electron chi connectivity index (χ1n) is 4.81. The minimum atomic E-state index is -0.324. The average molecular weight is 167 g/mol. The molecule has 3 heteroatoms. The van der Waals surface area contributed by atoms with Gasteiger partial charge in [0.1, 0.15) is 0 Å². The number of hydrogen-bond donors (Lipinski definition) is 1. The summed E-state index contributed by atoms with van der Waals surface area (Å²) in [4.78, 5) is 11.8. The Labute approximate surface area is 75.5 Å². The van der Waals surface area contributed by atoms with Crippen molar-refractivity contribution >= 4 is 13.8 Å². The van der Waals surface area contributed by atoms with Crippen LogP contribution in [0.4, 0.5) is 0 Å². The monoisotopic (exact) mass is 167 g/mol. The second-order valence-corrected chi connectivity index (χ2v) is 4.22. The topological polar surface area (TPSA) is 29.1 Å². The highest BCUT2D eigenvalue weighted by Crippen LogP contribution is 2.28. The van der Waals surface area contributed by atoms with Gasteiger partial charge in [0.2, 0.25) is 0 Å². The molecule has 0 spiro atoms. The van der Waals surface area contributed by atoms with Crippen LogP contribution in [0.15, 0.2) is 0 Å². The number of ketones is 1. The van der Waals surface area contributed by atoms with Crippen LogP contribution < -0.4 is 5.23 Å². The Balaban J connectivity index is 2.56. The Hall–Kier alpha value is -0.305. The van der Waals surface area contributed by atoms with E-state index in [2.05, 4.69) is 5.23 Å². The maximum atomic E-state index is 11.8. The van der Waals surface area contributed by atoms with E-state index in [9.17, 15) is 4.79 Å². The van der Waals surface area contributed by atoms with Crippen LogP contribution in [0.25, 0.3) is 0 Å². The van der Waals surface area contributed by atoms with Crippen molar-refractivity contribution in [2.24, 2.45) is 5.92 Å². The second-order valence-electron chi connectivity index (χ2n) is 4.22. The van der Waals surface area contributed by atoms with E-state index in [-0.39, 0.29) is 5.54 Å². The normalized spacial score (nSPS) is 19.8. The van der Waals surface area contributed by atoms with Crippen molar-refractivity contribution in [3.8, 4) is 0 Å². The first-order chi connectivity index (χ1) is 5.58. The van der Waals surface area contributed by atoms with Crippen LogP contribution in [0.2, 0.25) is 0 Å². The molecule has 0 aliphatic heterocycles. The Morgan fingerprint density at radius 2 is 1.92 bits per heavy atom. The fraction of sp³-hybridized carbons (Fsp3) is 0.889. The van der Waals surface area contributed by atoms with E-state index in [0.717, 1.165) is 12.8 Å². The van der Waals surface area contributed by atoms with E-state index in [0.29, 0.717) is 11.7 Å². The summed E-state index contributed by atoms with van der Waals surface area (Å²) in [6.07, 6.45) is 4.67. The zero-order chi connectivity index (χ0) is 9.19. The van der Waals surface area contributed by atoms with Crippen LogP contribution in [0, 0.1) is 5.92 Å². The maximum absolute atomic E-state index is 11.8. The number of nitrogens with one attached hydrogen (secondary N) is 1. The van der Waals surface area contributed by atoms with Gasteiger partial charge in [-0.25, -0.2) is 0 Å². The molecule has 0 amide bonds. The molecule has 0 aromatic heterocycles. The lowest BCUT2D eigenvalue weighted by Crippen LogP contribution is -2.47. The number of hydrogen-bond acceptors (Lipinski definition) is 2. The first-order valence-corrected chi connectivity index (χ1v) is 4.81. The minimum Gasteiger partial charge on any atom is -0.351 e. The molecule has 68 valence electrons. The molecule has 1 saturated carbocycles. The van der Waals surface area contributed by atoms with Gasteiger partial charge in [0.05, 0.1) is 5.54 Å². The molecule has 1 aliphatic carbocycles. The fourth-order valence-corrected chi connectivity index (χ4v) is 1.82. The molecule has 1 N–H and O–H groups in total. The molecule has 1 rings (SSSR count). The van der Waals surface area contributed by atoms with Crippen LogP contribution in [0.3, 0.4) is 0 Å². The lowest BCUT2D eigenvalue weighted by Gasteiger charge is -2.26. The zero-order valence-corrected chi connectivity index (χ0v) is 8.31. The molecule has 0 unspecified atom stereocenters. The summed E-state index contributed by atoms with van der Waals surface area (Å²) in [6, 6.07) is 0. The van der Waals surface area contributed by atoms with Gasteiger partial charge in [-0.05, 0) is 26.7 Å². The van der Waals surface area contributed by atoms with Gasteiger partial charge in [-0.1, -0.05) is 12.8 Å². The third-order valence-electron chi connectivity index (χ3n) is 2.97. The van der Waals surface area contributed by atoms with E-state index in [1.165, 1.54) is 12.8 Å². The summed E-state index contributed by atoms with van der Waals surface area (Å²) >= 11 is 0. The number of rotatable bonds is 3. The predicted molar refractivity (Wildman–Crippen MR) is 52.7 cm³/mol. The number of carbonyl (C=O) groups is 1. The van der Waals surface area contributed by atoms with E-state index < -0.39 is 0 Å². The van der Waals surface area contributed by atoms with Gasteiger partial charge >= 0.3 is 0 Å². The third kappa shape index (κ3) is 1.89. The quantitative estimate of drug-likeness (QED) is 0.625. The Bertz CT molecular complexity index is 173. The summed E-state index contributed by atoms with van der Waals surface area (Å²) in [7, 11) is 1.85. The zero-order valence-electron chi connectivity index (χ0n) is 8.31. The second kappa shape index (κ2) is 3.61. The molecule has 0 aromatic rings. The molecule has 1 fully saturated rings. The van der Waals surface area contributed by atoms with Crippen LogP contribution in [0.1, 0.15) is 39.5 Å². The highest BCUT2D eigenvalue weighted by atomic mass is 16.1. The smallest absolute Gasteiger partial charge is 0.183 e. The van der Waals surface area contributed by atoms with E-state index >= 15 is 0 Å². The number of Topliss-reactive ketones (excluding diaryl/α,β-unsaturated/α-hetero) is 1. The van der Waals surface area contributed by atoms with E-state index in [1.54, 1.807) is 0 Å². The largest absolute Gasteiger partial charge is 0.351 e. The van der Waals surface area contributed by atoms with Crippen molar-refractivity contribution < 1.29 is 4.79 Å². The predicted octanol–water partition coefficient (Wildman–Crippen LogP) is 0.662. The van der Waals surface area contributed by atoms with Crippen molar-refractivity contribution in [3.63, 3.8) is 0 Å². The molecule has 0 aromatic carbocycles. The van der Waals surface area contributed by atoms with Gasteiger partial charge in [0, 0.05) is 5.92 Å². The van der Waals surface area contributed by atoms with Gasteiger partial charge in [-0.15, -0.1) is 0 Å². The molecular weight excluding hydrogens is 149 g/mol. The Morgan fingerprint density at radius 3 is 2.33 bits per heavy atom. The van der Waals surface area contributed by atoms with Crippen LogP contribution in [0.5, 0.6) is 0 Å². The van der Waals surface area contributed by atoms with Crippen LogP contribution in [-0.4, -0.2) is 19.3 Å². The van der Waals surface area contributed by atoms with Crippen LogP contribution >= 0.6 is 0 Å². The summed E-state index contributed by atoms with van der Waals surface area (Å²) in [5, 5.41) is 3.07. The molecule has 2 nitrogen and oxygen atoms in total. The molecule has 0 saturated heterocycles. The summed E-state index contributed by atoms with van der Waals surface area (Å²) in [5.74, 6) is 0.718. The highest BCUT2D eigenvalue weighted by Gasteiger charge is 2.33. The van der Waals surface area contributed by atoms with Crippen LogP contribution in [-0.2, 0) is 4.79 Å². The Morgan fingerprint density at radius 1 is 1.42 bits per heavy atom. The van der Waals surface area contributed by atoms with E-state index in [1.807, 2.05) is 21.8 Å². The summed E-state index contributed by atoms with van der Waals surface area (Å²) < 4.78 is 0. The lowest BCUT2D eigenvalue weighted by molar-refractivity contribution is -0.127.